The van der Waals surface area contributed by atoms with Gasteiger partial charge in [0.05, 0.1) is 16.1 Å². The minimum Gasteiger partial charge on any atom is -0.311 e. The molecule has 0 amide bonds. The van der Waals surface area contributed by atoms with Crippen LogP contribution in [0, 0.1) is 0 Å². The first-order chi connectivity index (χ1) is 14.3. The Morgan fingerprint density at radius 2 is 1.67 bits per heavy atom. The van der Waals surface area contributed by atoms with E-state index in [0.717, 1.165) is 49.7 Å². The summed E-state index contributed by atoms with van der Waals surface area (Å²) in [7, 11) is -4.50. The topological polar surface area (TPSA) is 76.9 Å². The van der Waals surface area contributed by atoms with Gasteiger partial charge in [0.2, 0.25) is 0 Å². The van der Waals surface area contributed by atoms with Crippen LogP contribution in [-0.2, 0) is 29.2 Å². The number of halogens is 3. The van der Waals surface area contributed by atoms with E-state index in [-0.39, 0.29) is 5.69 Å². The lowest BCUT2D eigenvalue weighted by Crippen LogP contribution is -2.19. The summed E-state index contributed by atoms with van der Waals surface area (Å²) in [6.07, 6.45) is -1.01. The van der Waals surface area contributed by atoms with Crippen LogP contribution in [0.1, 0.15) is 30.7 Å². The number of hydrogen-bond donors (Lipinski definition) is 1. The van der Waals surface area contributed by atoms with Crippen molar-refractivity contribution in [2.45, 2.75) is 43.3 Å². The number of nitrogens with zero attached hydrogens (tertiary/aromatic N) is 3. The van der Waals surface area contributed by atoms with E-state index < -0.39 is 26.7 Å². The Balaban J connectivity index is 1.76. The van der Waals surface area contributed by atoms with E-state index in [4.69, 9.17) is 0 Å². The summed E-state index contributed by atoms with van der Waals surface area (Å²) < 4.78 is 70.0. The van der Waals surface area contributed by atoms with Gasteiger partial charge in [-0.1, -0.05) is 30.7 Å². The maximum atomic E-state index is 13.3. The van der Waals surface area contributed by atoms with Gasteiger partial charge in [-0.3, -0.25) is 4.72 Å². The number of fused-ring (bicyclic) bond motifs is 1. The van der Waals surface area contributed by atoms with Crippen molar-refractivity contribution in [1.29, 1.82) is 0 Å². The molecule has 2 aromatic carbocycles. The number of para-hydroxylation sites is 1. The molecule has 0 fully saturated rings. The summed E-state index contributed by atoms with van der Waals surface area (Å²) in [5.74, 6) is 1.32. The van der Waals surface area contributed by atoms with Gasteiger partial charge in [0.25, 0.3) is 10.0 Å². The number of nitrogens with one attached hydrogen (secondary N) is 1. The van der Waals surface area contributed by atoms with Crippen LogP contribution in [0.25, 0.3) is 11.4 Å². The molecule has 1 N–H and O–H groups in total. The Bertz CT molecular complexity index is 1170. The summed E-state index contributed by atoms with van der Waals surface area (Å²) in [6, 6.07) is 10.6. The zero-order valence-electron chi connectivity index (χ0n) is 15.9. The monoisotopic (exact) mass is 436 g/mol. The fourth-order valence-electron chi connectivity index (χ4n) is 3.59. The van der Waals surface area contributed by atoms with Crippen molar-refractivity contribution in [1.82, 2.24) is 14.8 Å². The molecule has 1 aromatic heterocycles. The normalized spacial score (nSPS) is 14.8. The first-order valence-corrected chi connectivity index (χ1v) is 11.0. The van der Waals surface area contributed by atoms with Gasteiger partial charge in [-0.15, -0.1) is 10.2 Å². The Morgan fingerprint density at radius 1 is 0.933 bits per heavy atom. The third kappa shape index (κ3) is 3.91. The van der Waals surface area contributed by atoms with Crippen LogP contribution in [0.3, 0.4) is 0 Å². The molecule has 3 aromatic rings. The molecule has 0 saturated carbocycles. The van der Waals surface area contributed by atoms with Crippen molar-refractivity contribution in [3.8, 4) is 11.4 Å². The Kier molecular flexibility index (Phi) is 5.27. The van der Waals surface area contributed by atoms with Crippen LogP contribution in [0.15, 0.2) is 53.4 Å². The number of rotatable bonds is 4. The molecule has 158 valence electrons. The zero-order valence-corrected chi connectivity index (χ0v) is 16.7. The van der Waals surface area contributed by atoms with Gasteiger partial charge in [0, 0.05) is 18.5 Å². The van der Waals surface area contributed by atoms with Crippen molar-refractivity contribution < 1.29 is 21.6 Å². The van der Waals surface area contributed by atoms with Crippen LogP contribution in [-0.4, -0.2) is 23.2 Å². The highest BCUT2D eigenvalue weighted by Crippen LogP contribution is 2.36. The number of aromatic nitrogens is 3. The second-order valence-electron chi connectivity index (χ2n) is 7.05. The molecule has 10 heteroatoms. The molecule has 0 unspecified atom stereocenters. The fraction of sp³-hybridized carbons (Fsp3) is 0.300. The van der Waals surface area contributed by atoms with Crippen LogP contribution in [0.2, 0.25) is 0 Å². The molecule has 1 aliphatic heterocycles. The SMILES string of the molecule is O=S(=O)(Nc1ccccc1-c1nnc2n1CCCCC2)c1ccccc1C(F)(F)F. The fourth-order valence-corrected chi connectivity index (χ4v) is 4.89. The third-order valence-corrected chi connectivity index (χ3v) is 6.43. The average Bonchev–Trinajstić information content (AvgIpc) is 2.95. The summed E-state index contributed by atoms with van der Waals surface area (Å²) in [5, 5.41) is 8.45. The van der Waals surface area contributed by atoms with E-state index in [1.807, 2.05) is 4.57 Å². The van der Waals surface area contributed by atoms with Crippen molar-refractivity contribution in [2.24, 2.45) is 0 Å². The minimum absolute atomic E-state index is 0.147. The summed E-state index contributed by atoms with van der Waals surface area (Å²) >= 11 is 0. The van der Waals surface area contributed by atoms with E-state index in [1.165, 1.54) is 12.1 Å². The van der Waals surface area contributed by atoms with Crippen molar-refractivity contribution in [2.75, 3.05) is 4.72 Å². The molecule has 4 rings (SSSR count). The van der Waals surface area contributed by atoms with Gasteiger partial charge >= 0.3 is 6.18 Å². The molecular formula is C20H19F3N4O2S. The molecule has 2 heterocycles. The molecule has 0 aliphatic carbocycles. The van der Waals surface area contributed by atoms with E-state index in [9.17, 15) is 21.6 Å². The maximum Gasteiger partial charge on any atom is 0.417 e. The molecule has 1 aliphatic rings. The van der Waals surface area contributed by atoms with E-state index in [2.05, 4.69) is 14.9 Å². The molecule has 0 radical (unpaired) electrons. The first-order valence-electron chi connectivity index (χ1n) is 9.48. The van der Waals surface area contributed by atoms with Crippen molar-refractivity contribution in [3.63, 3.8) is 0 Å². The van der Waals surface area contributed by atoms with Gasteiger partial charge in [-0.25, -0.2) is 8.42 Å². The van der Waals surface area contributed by atoms with Crippen molar-refractivity contribution in [3.05, 3.63) is 59.9 Å². The molecule has 0 atom stereocenters. The molecule has 0 bridgehead atoms. The molecule has 30 heavy (non-hydrogen) atoms. The second-order valence-corrected chi connectivity index (χ2v) is 8.70. The molecular weight excluding hydrogens is 417 g/mol. The van der Waals surface area contributed by atoms with Gasteiger partial charge in [0.1, 0.15) is 5.82 Å². The lowest BCUT2D eigenvalue weighted by atomic mass is 10.1. The van der Waals surface area contributed by atoms with Crippen LogP contribution in [0.4, 0.5) is 18.9 Å². The standard InChI is InChI=1S/C20H19F3N4O2S/c21-20(22,23)15-9-4-6-11-17(15)30(28,29)26-16-10-5-3-8-14(16)19-25-24-18-12-2-1-7-13-27(18)19/h3-6,8-11,26H,1-2,7,12-13H2. The molecule has 6 nitrogen and oxygen atoms in total. The van der Waals surface area contributed by atoms with Gasteiger partial charge in [-0.2, -0.15) is 13.2 Å². The minimum atomic E-state index is -4.80. The molecule has 0 saturated heterocycles. The van der Waals surface area contributed by atoms with Crippen LogP contribution < -0.4 is 4.72 Å². The number of benzene rings is 2. The lowest BCUT2D eigenvalue weighted by Gasteiger charge is -2.16. The van der Waals surface area contributed by atoms with Gasteiger partial charge in [0.15, 0.2) is 5.82 Å². The lowest BCUT2D eigenvalue weighted by molar-refractivity contribution is -0.139. The predicted octanol–water partition coefficient (Wildman–Crippen LogP) is 4.49. The zero-order chi connectivity index (χ0) is 21.4. The summed E-state index contributed by atoms with van der Waals surface area (Å²) in [4.78, 5) is -0.827. The Labute approximate surface area is 171 Å². The number of hydrogen-bond acceptors (Lipinski definition) is 4. The maximum absolute atomic E-state index is 13.3. The average molecular weight is 436 g/mol. The molecule has 0 spiro atoms. The Morgan fingerprint density at radius 3 is 2.47 bits per heavy atom. The first kappa shape index (κ1) is 20.4. The summed E-state index contributed by atoms with van der Waals surface area (Å²) in [6.45, 7) is 0.704. The predicted molar refractivity (Wildman–Crippen MR) is 105 cm³/mol. The second kappa shape index (κ2) is 7.75. The van der Waals surface area contributed by atoms with E-state index in [0.29, 0.717) is 17.9 Å². The third-order valence-electron chi connectivity index (χ3n) is 5.00. The highest BCUT2D eigenvalue weighted by atomic mass is 32.2. The number of anilines is 1. The number of alkyl halides is 3. The van der Waals surface area contributed by atoms with Crippen LogP contribution in [0.5, 0.6) is 0 Å². The quantitative estimate of drug-likeness (QED) is 0.654. The smallest absolute Gasteiger partial charge is 0.311 e. The Hall–Kier alpha value is -2.88. The van der Waals surface area contributed by atoms with E-state index >= 15 is 0 Å². The highest BCUT2D eigenvalue weighted by Gasteiger charge is 2.37. The van der Waals surface area contributed by atoms with Gasteiger partial charge in [-0.05, 0) is 37.1 Å². The largest absolute Gasteiger partial charge is 0.417 e. The summed E-state index contributed by atoms with van der Waals surface area (Å²) in [5.41, 5.74) is -0.605. The number of sulfonamides is 1. The highest BCUT2D eigenvalue weighted by molar-refractivity contribution is 7.92. The van der Waals surface area contributed by atoms with Crippen molar-refractivity contribution >= 4 is 15.7 Å². The van der Waals surface area contributed by atoms with Gasteiger partial charge < -0.3 is 4.57 Å². The van der Waals surface area contributed by atoms with E-state index in [1.54, 1.807) is 18.2 Å². The number of aryl methyl sites for hydroxylation is 1. The van der Waals surface area contributed by atoms with Crippen LogP contribution >= 0.6 is 0 Å².